The summed E-state index contributed by atoms with van der Waals surface area (Å²) in [6.45, 7) is 6.19. The van der Waals surface area contributed by atoms with Crippen molar-refractivity contribution < 1.29 is 9.90 Å². The summed E-state index contributed by atoms with van der Waals surface area (Å²) in [7, 11) is 0. The third-order valence-electron chi connectivity index (χ3n) is 3.53. The molecule has 0 spiro atoms. The van der Waals surface area contributed by atoms with Crippen LogP contribution in [0.1, 0.15) is 31.0 Å². The van der Waals surface area contributed by atoms with Gasteiger partial charge in [0.05, 0.1) is 11.8 Å². The summed E-state index contributed by atoms with van der Waals surface area (Å²) in [6, 6.07) is 9.45. The topological polar surface area (TPSA) is 79.2 Å². The third kappa shape index (κ3) is 4.82. The number of hydrogen-bond donors (Lipinski definition) is 3. The molecule has 6 nitrogen and oxygen atoms in total. The Morgan fingerprint density at radius 2 is 2.00 bits per heavy atom. The maximum Gasteiger partial charge on any atom is 0.320 e. The second-order valence-electron chi connectivity index (χ2n) is 5.70. The Bertz CT molecular complexity index is 649. The summed E-state index contributed by atoms with van der Waals surface area (Å²) in [5, 5.41) is 19.3. The van der Waals surface area contributed by atoms with Crippen molar-refractivity contribution in [2.75, 3.05) is 11.9 Å². The minimum absolute atomic E-state index is 0.233. The van der Waals surface area contributed by atoms with E-state index in [2.05, 4.69) is 15.7 Å². The van der Waals surface area contributed by atoms with Gasteiger partial charge in [0.1, 0.15) is 0 Å². The molecular formula is C17H24N4O2. The van der Waals surface area contributed by atoms with Crippen molar-refractivity contribution >= 4 is 11.8 Å². The molecule has 124 valence electrons. The Balaban J connectivity index is 1.98. The first kappa shape index (κ1) is 17.0. The highest BCUT2D eigenvalue weighted by Crippen LogP contribution is 2.15. The van der Waals surface area contributed by atoms with Gasteiger partial charge < -0.3 is 10.4 Å². The number of carbonyl (C=O) groups is 1. The molecule has 0 saturated carbocycles. The van der Waals surface area contributed by atoms with Crippen LogP contribution < -0.4 is 10.6 Å². The lowest BCUT2D eigenvalue weighted by atomic mass is 10.2. The van der Waals surface area contributed by atoms with Crippen LogP contribution in [0.2, 0.25) is 0 Å². The number of aryl methyl sites for hydroxylation is 2. The summed E-state index contributed by atoms with van der Waals surface area (Å²) in [4.78, 5) is 11.8. The lowest BCUT2D eigenvalue weighted by Crippen LogP contribution is -2.35. The van der Waals surface area contributed by atoms with Crippen LogP contribution in [-0.2, 0) is 0 Å². The number of amides is 2. The molecule has 2 aromatic rings. The number of aromatic nitrogens is 2. The van der Waals surface area contributed by atoms with E-state index < -0.39 is 6.10 Å². The minimum Gasteiger partial charge on any atom is -0.391 e. The predicted octanol–water partition coefficient (Wildman–Crippen LogP) is 2.77. The number of nitrogens with zero attached hydrogens (tertiary/aromatic N) is 2. The Morgan fingerprint density at radius 1 is 1.30 bits per heavy atom. The van der Waals surface area contributed by atoms with Gasteiger partial charge in [-0.15, -0.1) is 5.10 Å². The average Bonchev–Trinajstić information content (AvgIpc) is 2.87. The molecule has 1 aromatic carbocycles. The molecule has 0 bridgehead atoms. The van der Waals surface area contributed by atoms with E-state index >= 15 is 0 Å². The lowest BCUT2D eigenvalue weighted by Gasteiger charge is -2.10. The number of carbonyl (C=O) groups excluding carboxylic acids is 1. The number of urea groups is 1. The van der Waals surface area contributed by atoms with Crippen LogP contribution >= 0.6 is 0 Å². The summed E-state index contributed by atoms with van der Waals surface area (Å²) in [5.41, 5.74) is 3.05. The van der Waals surface area contributed by atoms with Crippen molar-refractivity contribution in [2.45, 2.75) is 39.7 Å². The smallest absolute Gasteiger partial charge is 0.320 e. The van der Waals surface area contributed by atoms with Crippen molar-refractivity contribution in [1.82, 2.24) is 15.1 Å². The summed E-state index contributed by atoms with van der Waals surface area (Å²) >= 11 is 0. The van der Waals surface area contributed by atoms with Crippen molar-refractivity contribution in [3.63, 3.8) is 0 Å². The van der Waals surface area contributed by atoms with Crippen LogP contribution in [0.15, 0.2) is 30.3 Å². The fourth-order valence-electron chi connectivity index (χ4n) is 2.29. The molecule has 2 amide bonds. The van der Waals surface area contributed by atoms with Gasteiger partial charge in [-0.05, 0) is 32.4 Å². The van der Waals surface area contributed by atoms with E-state index in [1.807, 2.05) is 51.1 Å². The molecular weight excluding hydrogens is 292 g/mol. The Kier molecular flexibility index (Phi) is 5.76. The van der Waals surface area contributed by atoms with E-state index in [1.165, 1.54) is 5.56 Å². The Labute approximate surface area is 136 Å². The quantitative estimate of drug-likeness (QED) is 0.766. The second kappa shape index (κ2) is 7.78. The van der Waals surface area contributed by atoms with Crippen LogP contribution in [-0.4, -0.2) is 33.6 Å². The number of rotatable bonds is 6. The molecule has 1 aromatic heterocycles. The number of anilines is 1. The lowest BCUT2D eigenvalue weighted by molar-refractivity contribution is 0.162. The molecule has 1 heterocycles. The van der Waals surface area contributed by atoms with Crippen LogP contribution in [0.25, 0.3) is 5.69 Å². The Morgan fingerprint density at radius 3 is 2.65 bits per heavy atom. The number of nitrogens with one attached hydrogen (secondary N) is 2. The molecule has 0 aliphatic rings. The molecule has 0 fully saturated rings. The maximum atomic E-state index is 11.8. The van der Waals surface area contributed by atoms with Gasteiger partial charge in [0.2, 0.25) is 0 Å². The van der Waals surface area contributed by atoms with E-state index in [1.54, 1.807) is 4.68 Å². The maximum absolute atomic E-state index is 11.8. The van der Waals surface area contributed by atoms with Crippen molar-refractivity contribution in [2.24, 2.45) is 0 Å². The molecule has 1 unspecified atom stereocenters. The first-order valence-electron chi connectivity index (χ1n) is 7.86. The van der Waals surface area contributed by atoms with E-state index in [0.29, 0.717) is 12.2 Å². The number of aliphatic hydroxyl groups excluding tert-OH is 1. The molecule has 2 rings (SSSR count). The van der Waals surface area contributed by atoms with E-state index in [9.17, 15) is 9.90 Å². The van der Waals surface area contributed by atoms with Gasteiger partial charge in [0, 0.05) is 18.3 Å². The molecule has 0 saturated heterocycles. The van der Waals surface area contributed by atoms with Gasteiger partial charge in [-0.3, -0.25) is 5.32 Å². The van der Waals surface area contributed by atoms with Gasteiger partial charge in [-0.2, -0.15) is 0 Å². The zero-order valence-electron chi connectivity index (χ0n) is 13.8. The van der Waals surface area contributed by atoms with Gasteiger partial charge in [-0.1, -0.05) is 31.0 Å². The number of benzene rings is 1. The zero-order valence-corrected chi connectivity index (χ0v) is 13.8. The van der Waals surface area contributed by atoms with E-state index in [-0.39, 0.29) is 12.6 Å². The second-order valence-corrected chi connectivity index (χ2v) is 5.70. The van der Waals surface area contributed by atoms with Crippen LogP contribution in [0, 0.1) is 13.8 Å². The number of aliphatic hydroxyl groups is 1. The third-order valence-corrected chi connectivity index (χ3v) is 3.53. The highest BCUT2D eigenvalue weighted by atomic mass is 16.3. The van der Waals surface area contributed by atoms with Crippen molar-refractivity contribution in [3.8, 4) is 5.69 Å². The summed E-state index contributed by atoms with van der Waals surface area (Å²) in [6.07, 6.45) is 1.03. The fraction of sp³-hybridized carbons (Fsp3) is 0.412. The van der Waals surface area contributed by atoms with Crippen LogP contribution in [0.4, 0.5) is 10.6 Å². The first-order chi connectivity index (χ1) is 11.0. The molecule has 0 radical (unpaired) electrons. The number of hydrogen-bond acceptors (Lipinski definition) is 3. The largest absolute Gasteiger partial charge is 0.391 e. The van der Waals surface area contributed by atoms with Gasteiger partial charge in [0.25, 0.3) is 0 Å². The monoisotopic (exact) mass is 316 g/mol. The SMILES string of the molecule is CCCC(O)CNC(=O)Nc1cc(C)n(-c2ccc(C)cc2)n1. The van der Waals surface area contributed by atoms with Gasteiger partial charge >= 0.3 is 6.03 Å². The highest BCUT2D eigenvalue weighted by molar-refractivity contribution is 5.88. The van der Waals surface area contributed by atoms with Gasteiger partial charge in [0.15, 0.2) is 5.82 Å². The van der Waals surface area contributed by atoms with E-state index in [4.69, 9.17) is 0 Å². The fourth-order valence-corrected chi connectivity index (χ4v) is 2.29. The van der Waals surface area contributed by atoms with Crippen LogP contribution in [0.3, 0.4) is 0 Å². The molecule has 0 aliphatic heterocycles. The normalized spacial score (nSPS) is 12.0. The molecule has 1 atom stereocenters. The van der Waals surface area contributed by atoms with E-state index in [0.717, 1.165) is 17.8 Å². The minimum atomic E-state index is -0.516. The predicted molar refractivity (Wildman–Crippen MR) is 91.0 cm³/mol. The van der Waals surface area contributed by atoms with Crippen LogP contribution in [0.5, 0.6) is 0 Å². The van der Waals surface area contributed by atoms with Gasteiger partial charge in [-0.25, -0.2) is 9.48 Å². The highest BCUT2D eigenvalue weighted by Gasteiger charge is 2.10. The standard InChI is InChI=1S/C17H24N4O2/c1-4-5-15(22)11-18-17(23)19-16-10-13(3)21(20-16)14-8-6-12(2)7-9-14/h6-10,15,22H,4-5,11H2,1-3H3,(H2,18,19,20,23). The molecule has 3 N–H and O–H groups in total. The van der Waals surface area contributed by atoms with Crippen molar-refractivity contribution in [1.29, 1.82) is 0 Å². The first-order valence-corrected chi connectivity index (χ1v) is 7.86. The average molecular weight is 316 g/mol. The summed E-state index contributed by atoms with van der Waals surface area (Å²) < 4.78 is 1.78. The zero-order chi connectivity index (χ0) is 16.8. The molecule has 0 aliphatic carbocycles. The molecule has 23 heavy (non-hydrogen) atoms. The molecule has 6 heteroatoms. The Hall–Kier alpha value is -2.34. The van der Waals surface area contributed by atoms with Crippen molar-refractivity contribution in [3.05, 3.63) is 41.6 Å². The summed E-state index contributed by atoms with van der Waals surface area (Å²) in [5.74, 6) is 0.477.